The number of hydrogen-bond acceptors (Lipinski definition) is 8. The van der Waals surface area contributed by atoms with Crippen LogP contribution in [-0.2, 0) is 20.8 Å². The first-order chi connectivity index (χ1) is 16.4. The molecule has 4 heterocycles. The third kappa shape index (κ3) is 3.57. The fraction of sp³-hybridized carbons (Fsp3) is 0.545. The van der Waals surface area contributed by atoms with Crippen LogP contribution in [-0.4, -0.2) is 62.2 Å². The summed E-state index contributed by atoms with van der Waals surface area (Å²) < 4.78 is 33.0. The summed E-state index contributed by atoms with van der Waals surface area (Å²) in [6, 6.07) is 1.65. The minimum absolute atomic E-state index is 0.0197. The Bertz CT molecular complexity index is 1230. The van der Waals surface area contributed by atoms with Crippen LogP contribution in [0, 0.1) is 12.8 Å². The van der Waals surface area contributed by atoms with Crippen LogP contribution in [0.4, 0.5) is 21.0 Å². The lowest BCUT2D eigenvalue weighted by atomic mass is 9.50. The Labute approximate surface area is 194 Å². The predicted molar refractivity (Wildman–Crippen MR) is 117 cm³/mol. The molecule has 0 spiro atoms. The van der Waals surface area contributed by atoms with Gasteiger partial charge in [0.25, 0.3) is 0 Å². The number of ether oxygens (including phenoxy) is 3. The molecule has 12 heteroatoms. The summed E-state index contributed by atoms with van der Waals surface area (Å²) in [5.74, 6) is 1.67. The number of carbonyl (C=O) groups is 1. The van der Waals surface area contributed by atoms with Crippen molar-refractivity contribution in [2.24, 2.45) is 5.92 Å². The number of nitrogens with zero attached hydrogens (tertiary/aromatic N) is 4. The van der Waals surface area contributed by atoms with Crippen LogP contribution in [0.1, 0.15) is 42.3 Å². The highest BCUT2D eigenvalue weighted by Gasteiger charge is 2.58. The fourth-order valence-electron chi connectivity index (χ4n) is 5.07. The number of imidazole rings is 1. The van der Waals surface area contributed by atoms with Crippen LogP contribution < -0.4 is 10.6 Å². The van der Waals surface area contributed by atoms with E-state index in [1.165, 1.54) is 0 Å². The van der Waals surface area contributed by atoms with Crippen LogP contribution in [0.2, 0.25) is 0 Å². The van der Waals surface area contributed by atoms with Crippen molar-refractivity contribution in [2.45, 2.75) is 56.7 Å². The van der Waals surface area contributed by atoms with Gasteiger partial charge in [0.2, 0.25) is 5.95 Å². The van der Waals surface area contributed by atoms with Crippen LogP contribution in [0.15, 0.2) is 18.5 Å². The molecule has 3 aromatic heterocycles. The number of alkyl halides is 1. The van der Waals surface area contributed by atoms with E-state index >= 15 is 4.39 Å². The molecule has 180 valence electrons. The number of alkyl carbamates (subject to hydrolysis) is 1. The molecule has 34 heavy (non-hydrogen) atoms. The average molecular weight is 471 g/mol. The van der Waals surface area contributed by atoms with Gasteiger partial charge in [-0.1, -0.05) is 0 Å². The molecule has 0 unspecified atom stereocenters. The molecule has 2 bridgehead atoms. The number of nitrogens with one attached hydrogen (secondary N) is 3. The number of hydrogen-bond donors (Lipinski definition) is 3. The van der Waals surface area contributed by atoms with Gasteiger partial charge in [0, 0.05) is 36.7 Å². The molecule has 1 amide bonds. The van der Waals surface area contributed by atoms with Crippen molar-refractivity contribution in [1.82, 2.24) is 29.9 Å². The summed E-state index contributed by atoms with van der Waals surface area (Å²) in [5, 5.41) is 13.0. The van der Waals surface area contributed by atoms with E-state index < -0.39 is 24.5 Å². The zero-order chi connectivity index (χ0) is 23.4. The van der Waals surface area contributed by atoms with Crippen molar-refractivity contribution in [2.75, 3.05) is 19.0 Å². The molecule has 0 radical (unpaired) electrons. The van der Waals surface area contributed by atoms with Crippen LogP contribution in [0.5, 0.6) is 0 Å². The third-order valence-electron chi connectivity index (χ3n) is 6.90. The van der Waals surface area contributed by atoms with E-state index in [9.17, 15) is 4.79 Å². The molecule has 0 aromatic carbocycles. The SMILES string of the molecule is COCc1cn2c(Nc3cc([C@H]4OC[C@@H](OC(=O)NC56CC(C5)C6)[C@H]4F)[nH]n3)ncc(C)c2n1. The van der Waals surface area contributed by atoms with E-state index in [4.69, 9.17) is 14.2 Å². The monoisotopic (exact) mass is 471 g/mol. The topological polar surface area (TPSA) is 128 Å². The van der Waals surface area contributed by atoms with Gasteiger partial charge in [-0.05, 0) is 32.1 Å². The van der Waals surface area contributed by atoms with E-state index in [-0.39, 0.29) is 12.1 Å². The molecule has 4 fully saturated rings. The maximum atomic E-state index is 15.1. The molecular formula is C22H26FN7O4. The second kappa shape index (κ2) is 7.91. The van der Waals surface area contributed by atoms with E-state index in [2.05, 4.69) is 30.8 Å². The van der Waals surface area contributed by atoms with Crippen molar-refractivity contribution in [3.05, 3.63) is 35.4 Å². The van der Waals surface area contributed by atoms with Crippen molar-refractivity contribution >= 4 is 23.5 Å². The normalized spacial score (nSPS) is 29.5. The quantitative estimate of drug-likeness (QED) is 0.480. The first kappa shape index (κ1) is 21.3. The summed E-state index contributed by atoms with van der Waals surface area (Å²) in [7, 11) is 1.61. The van der Waals surface area contributed by atoms with Gasteiger partial charge in [0.1, 0.15) is 11.8 Å². The zero-order valence-corrected chi connectivity index (χ0v) is 18.9. The molecule has 4 aliphatic rings. The lowest BCUT2D eigenvalue weighted by Gasteiger charge is -2.61. The summed E-state index contributed by atoms with van der Waals surface area (Å²) in [6.07, 6.45) is 2.55. The number of methoxy groups -OCH3 is 1. The molecular weight excluding hydrogens is 445 g/mol. The molecule has 3 aromatic rings. The van der Waals surface area contributed by atoms with Crippen LogP contribution in [0.25, 0.3) is 5.65 Å². The number of aromatic nitrogens is 5. The second-order valence-electron chi connectivity index (χ2n) is 9.48. The van der Waals surface area contributed by atoms with Crippen molar-refractivity contribution < 1.29 is 23.4 Å². The standard InChI is InChI=1S/C22H26FN7O4/c1-11-7-24-20(30-8-13(9-32-2)25-19(11)30)26-16-3-14(28-29-16)18-17(23)15(10-33-18)34-21(31)27-22-4-12(5-22)6-22/h3,7-8,12,15,17-18H,4-6,9-10H2,1-2H3,(H,27,31)(H2,24,26,28,29)/t12?,15-,17-,18-,22?/m1/s1. The Kier molecular flexibility index (Phi) is 4.96. The average Bonchev–Trinajstić information content (AvgIpc) is 3.47. The second-order valence-corrected chi connectivity index (χ2v) is 9.48. The Balaban J connectivity index is 1.12. The molecule has 7 rings (SSSR count). The smallest absolute Gasteiger partial charge is 0.408 e. The van der Waals surface area contributed by atoms with Gasteiger partial charge in [-0.15, -0.1) is 0 Å². The number of anilines is 2. The van der Waals surface area contributed by atoms with Gasteiger partial charge in [-0.3, -0.25) is 9.50 Å². The molecule has 11 nitrogen and oxygen atoms in total. The van der Waals surface area contributed by atoms with Crippen LogP contribution in [0.3, 0.4) is 0 Å². The van der Waals surface area contributed by atoms with Gasteiger partial charge < -0.3 is 24.8 Å². The van der Waals surface area contributed by atoms with Gasteiger partial charge in [0.05, 0.1) is 24.6 Å². The zero-order valence-electron chi connectivity index (χ0n) is 18.9. The van der Waals surface area contributed by atoms with Gasteiger partial charge in [-0.2, -0.15) is 5.10 Å². The predicted octanol–water partition coefficient (Wildman–Crippen LogP) is 2.71. The molecule has 3 atom stereocenters. The highest BCUT2D eigenvalue weighted by Crippen LogP contribution is 2.57. The molecule has 3 aliphatic carbocycles. The fourth-order valence-corrected chi connectivity index (χ4v) is 5.07. The van der Waals surface area contributed by atoms with Crippen molar-refractivity contribution in [3.8, 4) is 0 Å². The lowest BCUT2D eigenvalue weighted by molar-refractivity contribution is -0.0528. The number of H-pyrrole nitrogens is 1. The third-order valence-corrected chi connectivity index (χ3v) is 6.90. The number of carbonyl (C=O) groups excluding carboxylic acids is 1. The van der Waals surface area contributed by atoms with Gasteiger partial charge >= 0.3 is 6.09 Å². The van der Waals surface area contributed by atoms with Crippen LogP contribution >= 0.6 is 0 Å². The highest BCUT2D eigenvalue weighted by atomic mass is 19.1. The number of amides is 1. The maximum Gasteiger partial charge on any atom is 0.408 e. The van der Waals surface area contributed by atoms with E-state index in [1.807, 2.05) is 17.5 Å². The maximum absolute atomic E-state index is 15.1. The highest BCUT2D eigenvalue weighted by molar-refractivity contribution is 5.69. The van der Waals surface area contributed by atoms with Crippen molar-refractivity contribution in [1.29, 1.82) is 0 Å². The molecule has 3 saturated carbocycles. The molecule has 3 N–H and O–H groups in total. The Morgan fingerprint density at radius 2 is 2.24 bits per heavy atom. The Hall–Kier alpha value is -3.25. The number of aryl methyl sites for hydroxylation is 1. The number of halogens is 1. The number of rotatable bonds is 7. The van der Waals surface area contributed by atoms with Crippen molar-refractivity contribution in [3.63, 3.8) is 0 Å². The first-order valence-corrected chi connectivity index (χ1v) is 11.3. The Morgan fingerprint density at radius 1 is 1.41 bits per heavy atom. The van der Waals surface area contributed by atoms with E-state index in [0.717, 1.165) is 42.1 Å². The summed E-state index contributed by atoms with van der Waals surface area (Å²) in [6.45, 7) is 2.29. The first-order valence-electron chi connectivity index (χ1n) is 11.3. The Morgan fingerprint density at radius 3 is 2.97 bits per heavy atom. The summed E-state index contributed by atoms with van der Waals surface area (Å²) in [5.41, 5.74) is 2.76. The minimum atomic E-state index is -1.51. The largest absolute Gasteiger partial charge is 0.441 e. The van der Waals surface area contributed by atoms with Gasteiger partial charge in [-0.25, -0.2) is 19.2 Å². The summed E-state index contributed by atoms with van der Waals surface area (Å²) >= 11 is 0. The minimum Gasteiger partial charge on any atom is -0.441 e. The number of aromatic amines is 1. The molecule has 1 aliphatic heterocycles. The summed E-state index contributed by atoms with van der Waals surface area (Å²) in [4.78, 5) is 21.2. The van der Waals surface area contributed by atoms with E-state index in [1.54, 1.807) is 19.4 Å². The molecule has 1 saturated heterocycles. The number of fused-ring (bicyclic) bond motifs is 1. The van der Waals surface area contributed by atoms with E-state index in [0.29, 0.717) is 24.1 Å². The van der Waals surface area contributed by atoms with Gasteiger partial charge in [0.15, 0.2) is 18.1 Å². The lowest BCUT2D eigenvalue weighted by Crippen LogP contribution is -2.68.